The van der Waals surface area contributed by atoms with Crippen molar-refractivity contribution in [1.29, 1.82) is 0 Å². The summed E-state index contributed by atoms with van der Waals surface area (Å²) in [6.45, 7) is 5.41. The minimum absolute atomic E-state index is 0.0212. The molecule has 0 atom stereocenters. The van der Waals surface area contributed by atoms with Gasteiger partial charge in [0.2, 0.25) is 11.9 Å². The maximum Gasteiger partial charge on any atom is 0.230 e. The number of hydrogen-bond donors (Lipinski definition) is 0. The fourth-order valence-electron chi connectivity index (χ4n) is 3.51. The minimum atomic E-state index is -3.26. The van der Waals surface area contributed by atoms with E-state index >= 15 is 0 Å². The van der Waals surface area contributed by atoms with Crippen LogP contribution in [-0.2, 0) is 14.6 Å². The van der Waals surface area contributed by atoms with Gasteiger partial charge in [-0.15, -0.1) is 0 Å². The predicted octanol–water partition coefficient (Wildman–Crippen LogP) is 2.54. The van der Waals surface area contributed by atoms with Gasteiger partial charge >= 0.3 is 0 Å². The zero-order valence-electron chi connectivity index (χ0n) is 16.4. The van der Waals surface area contributed by atoms with Crippen molar-refractivity contribution in [3.63, 3.8) is 0 Å². The van der Waals surface area contributed by atoms with Crippen LogP contribution in [0.2, 0.25) is 0 Å². The Balaban J connectivity index is 1.72. The Morgan fingerprint density at radius 1 is 1.11 bits per heavy atom. The first-order chi connectivity index (χ1) is 13.3. The Labute approximate surface area is 166 Å². The summed E-state index contributed by atoms with van der Waals surface area (Å²) in [5.41, 5.74) is 0.723. The van der Waals surface area contributed by atoms with E-state index in [-0.39, 0.29) is 22.8 Å². The molecule has 3 rings (SSSR count). The molecule has 1 aromatic heterocycles. The largest absolute Gasteiger partial charge is 0.341 e. The van der Waals surface area contributed by atoms with Crippen molar-refractivity contribution >= 4 is 27.4 Å². The van der Waals surface area contributed by atoms with E-state index in [0.717, 1.165) is 31.6 Å². The standard InChI is InChI=1S/C20H26N4O3S/c1-15(2)24(17-5-7-18(8-6-17)28(3,26)27)19(25)16-9-13-23(14-10-16)20-21-11-4-12-22-20/h4-8,11-12,15-16H,9-10,13-14H2,1-3H3. The van der Waals surface area contributed by atoms with Crippen molar-refractivity contribution in [1.82, 2.24) is 9.97 Å². The van der Waals surface area contributed by atoms with Gasteiger partial charge in [0, 0.05) is 49.4 Å². The number of carbonyl (C=O) groups excluding carboxylic acids is 1. The Morgan fingerprint density at radius 2 is 1.68 bits per heavy atom. The lowest BCUT2D eigenvalue weighted by Crippen LogP contribution is -2.45. The molecule has 0 unspecified atom stereocenters. The molecular formula is C20H26N4O3S. The first-order valence-electron chi connectivity index (χ1n) is 9.42. The second-order valence-corrected chi connectivity index (χ2v) is 9.39. The fourth-order valence-corrected chi connectivity index (χ4v) is 4.14. The molecule has 0 N–H and O–H groups in total. The number of hydrogen-bond acceptors (Lipinski definition) is 6. The zero-order valence-corrected chi connectivity index (χ0v) is 17.3. The third-order valence-corrected chi connectivity index (χ3v) is 6.10. The number of aromatic nitrogens is 2. The Hall–Kier alpha value is -2.48. The number of sulfone groups is 1. The van der Waals surface area contributed by atoms with Crippen LogP contribution in [0, 0.1) is 5.92 Å². The molecule has 7 nitrogen and oxygen atoms in total. The van der Waals surface area contributed by atoms with E-state index in [2.05, 4.69) is 14.9 Å². The Bertz CT molecular complexity index is 906. The molecule has 0 radical (unpaired) electrons. The molecule has 8 heteroatoms. The van der Waals surface area contributed by atoms with Gasteiger partial charge in [0.25, 0.3) is 0 Å². The maximum absolute atomic E-state index is 13.2. The number of piperidine rings is 1. The molecule has 1 fully saturated rings. The average Bonchev–Trinajstić information content (AvgIpc) is 2.68. The number of amides is 1. The maximum atomic E-state index is 13.2. The van der Waals surface area contributed by atoms with Crippen LogP contribution in [0.25, 0.3) is 0 Å². The summed E-state index contributed by atoms with van der Waals surface area (Å²) in [6, 6.07) is 8.30. The summed E-state index contributed by atoms with van der Waals surface area (Å²) in [4.78, 5) is 25.9. The van der Waals surface area contributed by atoms with Crippen LogP contribution in [0.5, 0.6) is 0 Å². The summed E-state index contributed by atoms with van der Waals surface area (Å²) in [7, 11) is -3.26. The third kappa shape index (κ3) is 4.49. The molecule has 1 aliphatic heterocycles. The van der Waals surface area contributed by atoms with Gasteiger partial charge in [0.1, 0.15) is 0 Å². The van der Waals surface area contributed by atoms with Crippen molar-refractivity contribution in [2.24, 2.45) is 5.92 Å². The molecule has 0 spiro atoms. The van der Waals surface area contributed by atoms with E-state index in [4.69, 9.17) is 0 Å². The van der Waals surface area contributed by atoms with Gasteiger partial charge in [-0.2, -0.15) is 0 Å². The minimum Gasteiger partial charge on any atom is -0.341 e. The number of nitrogens with zero attached hydrogens (tertiary/aromatic N) is 4. The molecule has 2 heterocycles. The third-order valence-electron chi connectivity index (χ3n) is 4.98. The van der Waals surface area contributed by atoms with Crippen LogP contribution < -0.4 is 9.80 Å². The first-order valence-corrected chi connectivity index (χ1v) is 11.3. The van der Waals surface area contributed by atoms with Gasteiger partial charge in [0.15, 0.2) is 9.84 Å². The molecular weight excluding hydrogens is 376 g/mol. The topological polar surface area (TPSA) is 83.5 Å². The summed E-state index contributed by atoms with van der Waals surface area (Å²) >= 11 is 0. The molecule has 1 saturated heterocycles. The van der Waals surface area contributed by atoms with Crippen LogP contribution in [0.1, 0.15) is 26.7 Å². The predicted molar refractivity (Wildman–Crippen MR) is 109 cm³/mol. The lowest BCUT2D eigenvalue weighted by molar-refractivity contribution is -0.123. The van der Waals surface area contributed by atoms with E-state index in [1.54, 1.807) is 47.6 Å². The lowest BCUT2D eigenvalue weighted by atomic mass is 9.94. The van der Waals surface area contributed by atoms with E-state index < -0.39 is 9.84 Å². The van der Waals surface area contributed by atoms with Crippen LogP contribution in [0.4, 0.5) is 11.6 Å². The van der Waals surface area contributed by atoms with Gasteiger partial charge in [0.05, 0.1) is 4.90 Å². The van der Waals surface area contributed by atoms with E-state index in [1.165, 1.54) is 6.26 Å². The summed E-state index contributed by atoms with van der Waals surface area (Å²) in [5, 5.41) is 0. The lowest BCUT2D eigenvalue weighted by Gasteiger charge is -2.35. The Morgan fingerprint density at radius 3 is 2.18 bits per heavy atom. The average molecular weight is 403 g/mol. The van der Waals surface area contributed by atoms with Gasteiger partial charge in [-0.05, 0) is 57.0 Å². The van der Waals surface area contributed by atoms with E-state index in [0.29, 0.717) is 5.95 Å². The number of rotatable bonds is 5. The smallest absolute Gasteiger partial charge is 0.230 e. The first kappa shape index (κ1) is 20.3. The highest BCUT2D eigenvalue weighted by atomic mass is 32.2. The van der Waals surface area contributed by atoms with E-state index in [9.17, 15) is 13.2 Å². The summed E-state index contributed by atoms with van der Waals surface area (Å²) in [6.07, 6.45) is 6.10. The van der Waals surface area contributed by atoms with Crippen LogP contribution >= 0.6 is 0 Å². The van der Waals surface area contributed by atoms with Crippen molar-refractivity contribution in [3.8, 4) is 0 Å². The number of carbonyl (C=O) groups is 1. The van der Waals surface area contributed by atoms with Crippen LogP contribution in [-0.4, -0.2) is 49.7 Å². The van der Waals surface area contributed by atoms with Crippen molar-refractivity contribution in [2.45, 2.75) is 37.6 Å². The van der Waals surface area contributed by atoms with Gasteiger partial charge in [-0.3, -0.25) is 4.79 Å². The molecule has 1 aliphatic rings. The second kappa shape index (κ2) is 8.26. The highest BCUT2D eigenvalue weighted by Gasteiger charge is 2.31. The molecule has 0 saturated carbocycles. The number of benzene rings is 1. The molecule has 1 aromatic carbocycles. The highest BCUT2D eigenvalue weighted by molar-refractivity contribution is 7.90. The molecule has 1 amide bonds. The normalized spacial score (nSPS) is 15.6. The van der Waals surface area contributed by atoms with Crippen LogP contribution in [0.3, 0.4) is 0 Å². The summed E-state index contributed by atoms with van der Waals surface area (Å²) < 4.78 is 23.4. The van der Waals surface area contributed by atoms with Gasteiger partial charge in [-0.25, -0.2) is 18.4 Å². The molecule has 150 valence electrons. The number of anilines is 2. The van der Waals surface area contributed by atoms with Crippen molar-refractivity contribution < 1.29 is 13.2 Å². The molecule has 0 bridgehead atoms. The van der Waals surface area contributed by atoms with Crippen LogP contribution in [0.15, 0.2) is 47.6 Å². The monoisotopic (exact) mass is 402 g/mol. The quantitative estimate of drug-likeness (QED) is 0.764. The molecule has 2 aromatic rings. The van der Waals surface area contributed by atoms with Crippen molar-refractivity contribution in [3.05, 3.63) is 42.7 Å². The molecule has 0 aliphatic carbocycles. The fraction of sp³-hybridized carbons (Fsp3) is 0.450. The Kier molecular flexibility index (Phi) is 5.98. The SMILES string of the molecule is CC(C)N(C(=O)C1CCN(c2ncccn2)CC1)c1ccc(S(C)(=O)=O)cc1. The summed E-state index contributed by atoms with van der Waals surface area (Å²) in [5.74, 6) is 0.707. The van der Waals surface area contributed by atoms with Crippen molar-refractivity contribution in [2.75, 3.05) is 29.1 Å². The zero-order chi connectivity index (χ0) is 20.3. The second-order valence-electron chi connectivity index (χ2n) is 7.38. The van der Waals surface area contributed by atoms with E-state index in [1.807, 2.05) is 13.8 Å². The highest BCUT2D eigenvalue weighted by Crippen LogP contribution is 2.27. The molecule has 28 heavy (non-hydrogen) atoms. The van der Waals surface area contributed by atoms with Gasteiger partial charge < -0.3 is 9.80 Å². The van der Waals surface area contributed by atoms with Gasteiger partial charge in [-0.1, -0.05) is 0 Å².